The van der Waals surface area contributed by atoms with Crippen LogP contribution in [0.15, 0.2) is 22.3 Å². The summed E-state index contributed by atoms with van der Waals surface area (Å²) in [6.45, 7) is 12.2. The first-order valence-corrected chi connectivity index (χ1v) is 8.45. The lowest BCUT2D eigenvalue weighted by Crippen LogP contribution is -2.30. The molecule has 1 aliphatic heterocycles. The summed E-state index contributed by atoms with van der Waals surface area (Å²) in [7, 11) is 0. The van der Waals surface area contributed by atoms with Crippen LogP contribution in [0.25, 0.3) is 5.70 Å². The van der Waals surface area contributed by atoms with Gasteiger partial charge < -0.3 is 10.6 Å². The number of nitrogens with two attached hydrogens (primary N) is 1. The van der Waals surface area contributed by atoms with Gasteiger partial charge in [-0.1, -0.05) is 26.8 Å². The fourth-order valence-electron chi connectivity index (χ4n) is 2.36. The molecule has 1 aliphatic rings. The molecule has 0 amide bonds. The summed E-state index contributed by atoms with van der Waals surface area (Å²) in [5.74, 6) is 0. The highest BCUT2D eigenvalue weighted by atomic mass is 79.9. The molecule has 0 aromatic carbocycles. The molecule has 1 fully saturated rings. The van der Waals surface area contributed by atoms with E-state index in [4.69, 9.17) is 5.73 Å². The zero-order valence-corrected chi connectivity index (χ0v) is 15.0. The lowest BCUT2D eigenvalue weighted by molar-refractivity contribution is 0.577. The fourth-order valence-corrected chi connectivity index (χ4v) is 2.85. The summed E-state index contributed by atoms with van der Waals surface area (Å²) >= 11 is 3.53. The Balaban J connectivity index is 0.000000677. The molecule has 0 unspecified atom stereocenters. The first-order valence-electron chi connectivity index (χ1n) is 7.66. The quantitative estimate of drug-likeness (QED) is 0.815. The van der Waals surface area contributed by atoms with Gasteiger partial charge in [0.2, 0.25) is 0 Å². The van der Waals surface area contributed by atoms with Crippen molar-refractivity contribution < 1.29 is 0 Å². The number of hydrogen-bond donors (Lipinski definition) is 1. The minimum absolute atomic E-state index is 0.548. The molecule has 0 atom stereocenters. The van der Waals surface area contributed by atoms with Crippen molar-refractivity contribution in [2.45, 2.75) is 46.5 Å². The Bertz CT molecular complexity index is 485. The van der Waals surface area contributed by atoms with Crippen molar-refractivity contribution in [1.29, 1.82) is 0 Å². The zero-order chi connectivity index (χ0) is 15.8. The van der Waals surface area contributed by atoms with Gasteiger partial charge in [0.1, 0.15) is 10.3 Å². The van der Waals surface area contributed by atoms with Gasteiger partial charge in [0.15, 0.2) is 0 Å². The maximum absolute atomic E-state index is 5.93. The molecular weight excluding hydrogens is 328 g/mol. The lowest BCUT2D eigenvalue weighted by atomic mass is 10.1. The van der Waals surface area contributed by atoms with Gasteiger partial charge in [-0.2, -0.15) is 5.10 Å². The van der Waals surface area contributed by atoms with Crippen LogP contribution in [0.4, 0.5) is 5.69 Å². The Labute approximate surface area is 136 Å². The Kier molecular flexibility index (Phi) is 7.57. The number of hydrogen-bond acceptors (Lipinski definition) is 3. The zero-order valence-electron chi connectivity index (χ0n) is 13.4. The molecule has 0 saturated carbocycles. The normalized spacial score (nSPS) is 15.0. The van der Waals surface area contributed by atoms with Gasteiger partial charge in [-0.25, -0.2) is 4.68 Å². The van der Waals surface area contributed by atoms with Crippen LogP contribution in [-0.2, 0) is 0 Å². The molecule has 1 aromatic rings. The van der Waals surface area contributed by atoms with Gasteiger partial charge in [-0.15, -0.1) is 0 Å². The maximum atomic E-state index is 5.93. The Morgan fingerprint density at radius 3 is 2.43 bits per heavy atom. The van der Waals surface area contributed by atoms with Gasteiger partial charge in [0, 0.05) is 19.3 Å². The highest BCUT2D eigenvalue weighted by Crippen LogP contribution is 2.33. The van der Waals surface area contributed by atoms with E-state index >= 15 is 0 Å². The lowest BCUT2D eigenvalue weighted by Gasteiger charge is -2.29. The molecule has 1 saturated heterocycles. The number of aromatic nitrogens is 1. The van der Waals surface area contributed by atoms with E-state index in [1.165, 1.54) is 25.7 Å². The summed E-state index contributed by atoms with van der Waals surface area (Å²) in [6, 6.07) is 2.08. The van der Waals surface area contributed by atoms with Crippen LogP contribution in [0.2, 0.25) is 0 Å². The van der Waals surface area contributed by atoms with Crippen LogP contribution < -0.4 is 10.6 Å². The van der Waals surface area contributed by atoms with Gasteiger partial charge in [0.25, 0.3) is 0 Å². The van der Waals surface area contributed by atoms with Crippen molar-refractivity contribution in [1.82, 2.24) is 4.68 Å². The van der Waals surface area contributed by atoms with Crippen LogP contribution >= 0.6 is 15.9 Å². The third-order valence-corrected chi connectivity index (χ3v) is 3.71. The smallest absolute Gasteiger partial charge is 0.112 e. The fraction of sp³-hybridized carbons (Fsp3) is 0.562. The Morgan fingerprint density at radius 2 is 1.95 bits per heavy atom. The molecule has 4 nitrogen and oxygen atoms in total. The van der Waals surface area contributed by atoms with Crippen LogP contribution in [-0.4, -0.2) is 24.0 Å². The number of anilines is 1. The summed E-state index contributed by atoms with van der Waals surface area (Å²) in [5, 5.41) is 4.32. The van der Waals surface area contributed by atoms with E-state index in [0.717, 1.165) is 29.1 Å². The molecule has 1 aromatic heterocycles. The molecule has 2 rings (SSSR count). The van der Waals surface area contributed by atoms with Crippen LogP contribution in [0.3, 0.4) is 0 Å². The number of rotatable bonds is 3. The monoisotopic (exact) mass is 354 g/mol. The highest BCUT2D eigenvalue weighted by molar-refractivity contribution is 9.10. The molecule has 5 heteroatoms. The predicted molar refractivity (Wildman–Crippen MR) is 96.9 cm³/mol. The van der Waals surface area contributed by atoms with E-state index in [0.29, 0.717) is 5.70 Å². The first kappa shape index (κ1) is 17.8. The second-order valence-corrected chi connectivity index (χ2v) is 5.98. The van der Waals surface area contributed by atoms with Crippen molar-refractivity contribution in [3.05, 3.63) is 22.9 Å². The van der Waals surface area contributed by atoms with Crippen LogP contribution in [0.1, 0.15) is 52.1 Å². The summed E-state index contributed by atoms with van der Waals surface area (Å²) in [4.78, 5) is 2.36. The second-order valence-electron chi connectivity index (χ2n) is 5.17. The van der Waals surface area contributed by atoms with E-state index < -0.39 is 0 Å². The van der Waals surface area contributed by atoms with Crippen molar-refractivity contribution in [2.24, 2.45) is 10.8 Å². The molecular formula is C16H27BrN4. The molecule has 0 aliphatic carbocycles. The second kappa shape index (κ2) is 8.93. The Hall–Kier alpha value is -1.23. The minimum Gasteiger partial charge on any atom is -0.397 e. The summed E-state index contributed by atoms with van der Waals surface area (Å²) < 4.78 is 2.70. The standard InChI is InChI=1S/C13H19BrN4.C3H8/c1-3-16-18-12(14)9-11(13(18)10(2)15)17-7-5-4-6-8-17;1-3-2/h3,9H,2,4-8,15H2,1H3;3H2,1-2H3/b16-3-;. The van der Waals surface area contributed by atoms with Gasteiger partial charge >= 0.3 is 0 Å². The maximum Gasteiger partial charge on any atom is 0.112 e. The van der Waals surface area contributed by atoms with E-state index in [1.807, 2.05) is 6.92 Å². The first-order chi connectivity index (χ1) is 10.1. The van der Waals surface area contributed by atoms with Crippen molar-refractivity contribution in [3.8, 4) is 0 Å². The van der Waals surface area contributed by atoms with Gasteiger partial charge in [-0.3, -0.25) is 0 Å². The number of nitrogens with zero attached hydrogens (tertiary/aromatic N) is 3. The molecule has 118 valence electrons. The SMILES string of the molecule is C=C(N)c1c(N2CCCCC2)cc(Br)n1/N=C\C.CCC. The molecule has 0 spiro atoms. The molecule has 2 heterocycles. The third-order valence-electron chi connectivity index (χ3n) is 3.14. The summed E-state index contributed by atoms with van der Waals surface area (Å²) in [5.41, 5.74) is 8.49. The average Bonchev–Trinajstić information content (AvgIpc) is 2.79. The molecule has 0 bridgehead atoms. The average molecular weight is 355 g/mol. The number of halogens is 1. The largest absolute Gasteiger partial charge is 0.397 e. The third kappa shape index (κ3) is 4.63. The predicted octanol–water partition coefficient (Wildman–Crippen LogP) is 4.44. The molecule has 2 N–H and O–H groups in total. The number of piperidine rings is 1. The van der Waals surface area contributed by atoms with Crippen molar-refractivity contribution >= 4 is 33.5 Å². The van der Waals surface area contributed by atoms with E-state index in [2.05, 4.69) is 52.4 Å². The van der Waals surface area contributed by atoms with Crippen molar-refractivity contribution in [3.63, 3.8) is 0 Å². The van der Waals surface area contributed by atoms with Gasteiger partial charge in [0.05, 0.1) is 11.4 Å². The van der Waals surface area contributed by atoms with Crippen LogP contribution in [0.5, 0.6) is 0 Å². The Morgan fingerprint density at radius 1 is 1.38 bits per heavy atom. The van der Waals surface area contributed by atoms with Gasteiger partial charge in [-0.05, 0) is 48.2 Å². The van der Waals surface area contributed by atoms with E-state index in [9.17, 15) is 0 Å². The van der Waals surface area contributed by atoms with E-state index in [-0.39, 0.29) is 0 Å². The molecule has 21 heavy (non-hydrogen) atoms. The van der Waals surface area contributed by atoms with Crippen molar-refractivity contribution in [2.75, 3.05) is 18.0 Å². The minimum atomic E-state index is 0.548. The molecule has 0 radical (unpaired) electrons. The van der Waals surface area contributed by atoms with Crippen LogP contribution in [0, 0.1) is 0 Å². The summed E-state index contributed by atoms with van der Waals surface area (Å²) in [6.07, 6.45) is 6.77. The topological polar surface area (TPSA) is 46.5 Å². The highest BCUT2D eigenvalue weighted by Gasteiger charge is 2.21. The van der Waals surface area contributed by atoms with E-state index in [1.54, 1.807) is 10.9 Å².